The summed E-state index contributed by atoms with van der Waals surface area (Å²) in [6.07, 6.45) is 7.12. The largest absolute Gasteiger partial charge is 0.444 e. The number of amides is 2. The molecular weight excluding hydrogens is 526 g/mol. The summed E-state index contributed by atoms with van der Waals surface area (Å²) in [4.78, 5) is 35.9. The maximum absolute atomic E-state index is 13.3. The van der Waals surface area contributed by atoms with Crippen molar-refractivity contribution < 1.29 is 14.3 Å². The second kappa shape index (κ2) is 13.9. The van der Waals surface area contributed by atoms with E-state index in [2.05, 4.69) is 36.3 Å². The Balaban J connectivity index is 1.46. The van der Waals surface area contributed by atoms with Crippen molar-refractivity contribution in [1.29, 1.82) is 0 Å². The Bertz CT molecular complexity index is 1170. The first-order valence-corrected chi connectivity index (χ1v) is 15.8. The highest BCUT2D eigenvalue weighted by Gasteiger charge is 2.38. The predicted molar refractivity (Wildman–Crippen MR) is 169 cm³/mol. The minimum Gasteiger partial charge on any atom is -0.444 e. The molecule has 1 aromatic carbocycles. The lowest BCUT2D eigenvalue weighted by atomic mass is 9.82. The zero-order chi connectivity index (χ0) is 30.3. The summed E-state index contributed by atoms with van der Waals surface area (Å²) in [6, 6.07) is 13.9. The van der Waals surface area contributed by atoms with Crippen molar-refractivity contribution in [2.75, 3.05) is 31.5 Å². The number of pyridine rings is 1. The summed E-state index contributed by atoms with van der Waals surface area (Å²) in [5.41, 5.74) is 1.56. The molecule has 4 rings (SSSR count). The number of anilines is 2. The van der Waals surface area contributed by atoms with E-state index in [9.17, 15) is 9.59 Å². The molecule has 230 valence electrons. The zero-order valence-corrected chi connectivity index (χ0v) is 26.5. The molecule has 0 unspecified atom stereocenters. The fraction of sp³-hybridized carbons (Fsp3) is 0.618. The number of ether oxygens (including phenoxy) is 1. The number of nitrogens with one attached hydrogen (secondary N) is 2. The topological polar surface area (TPSA) is 86.8 Å². The van der Waals surface area contributed by atoms with E-state index in [-0.39, 0.29) is 29.5 Å². The first-order valence-electron chi connectivity index (χ1n) is 15.8. The van der Waals surface area contributed by atoms with Gasteiger partial charge in [0.15, 0.2) is 0 Å². The summed E-state index contributed by atoms with van der Waals surface area (Å²) in [7, 11) is 0. The third kappa shape index (κ3) is 8.93. The number of carbonyl (C=O) groups excluding carboxylic acids is 2. The molecule has 1 saturated heterocycles. The molecule has 42 heavy (non-hydrogen) atoms. The van der Waals surface area contributed by atoms with Crippen molar-refractivity contribution in [2.24, 2.45) is 0 Å². The number of hydrogen-bond donors (Lipinski definition) is 2. The fourth-order valence-electron chi connectivity index (χ4n) is 6.16. The van der Waals surface area contributed by atoms with Crippen LogP contribution in [0.1, 0.15) is 108 Å². The highest BCUT2D eigenvalue weighted by Crippen LogP contribution is 2.37. The van der Waals surface area contributed by atoms with Crippen LogP contribution in [0.25, 0.3) is 0 Å². The highest BCUT2D eigenvalue weighted by atomic mass is 16.6. The van der Waals surface area contributed by atoms with Crippen molar-refractivity contribution in [3.8, 4) is 0 Å². The third-order valence-corrected chi connectivity index (χ3v) is 8.15. The number of nitrogens with zero attached hydrogens (tertiary/aromatic N) is 3. The van der Waals surface area contributed by atoms with Crippen molar-refractivity contribution in [3.63, 3.8) is 0 Å². The van der Waals surface area contributed by atoms with Crippen LogP contribution in [-0.4, -0.2) is 70.1 Å². The van der Waals surface area contributed by atoms with Gasteiger partial charge in [0, 0.05) is 42.0 Å². The summed E-state index contributed by atoms with van der Waals surface area (Å²) in [5.74, 6) is 0.738. The lowest BCUT2D eigenvalue weighted by molar-refractivity contribution is -0.0137. The molecule has 1 aliphatic heterocycles. The zero-order valence-electron chi connectivity index (χ0n) is 26.5. The van der Waals surface area contributed by atoms with Crippen molar-refractivity contribution >= 4 is 23.5 Å². The first kappa shape index (κ1) is 31.8. The minimum atomic E-state index is -0.536. The van der Waals surface area contributed by atoms with E-state index in [1.807, 2.05) is 68.1 Å². The number of benzene rings is 1. The third-order valence-electron chi connectivity index (χ3n) is 8.15. The highest BCUT2D eigenvalue weighted by molar-refractivity contribution is 5.99. The molecule has 2 fully saturated rings. The number of carbonyl (C=O) groups is 2. The summed E-state index contributed by atoms with van der Waals surface area (Å²) >= 11 is 0. The Morgan fingerprint density at radius 3 is 2.21 bits per heavy atom. The van der Waals surface area contributed by atoms with Crippen LogP contribution < -0.4 is 10.6 Å². The fourth-order valence-corrected chi connectivity index (χ4v) is 6.16. The summed E-state index contributed by atoms with van der Waals surface area (Å²) in [5, 5.41) is 6.52. The van der Waals surface area contributed by atoms with Gasteiger partial charge in [-0.2, -0.15) is 0 Å². The van der Waals surface area contributed by atoms with Gasteiger partial charge in [-0.3, -0.25) is 4.79 Å². The number of likely N-dealkylation sites (tertiary alicyclic amines) is 1. The van der Waals surface area contributed by atoms with Crippen LogP contribution in [0.3, 0.4) is 0 Å². The van der Waals surface area contributed by atoms with E-state index in [0.29, 0.717) is 17.9 Å². The Hall–Kier alpha value is -3.13. The van der Waals surface area contributed by atoms with Crippen molar-refractivity contribution in [2.45, 2.75) is 110 Å². The van der Waals surface area contributed by atoms with E-state index in [1.54, 1.807) is 0 Å². The molecule has 2 N–H and O–H groups in total. The van der Waals surface area contributed by atoms with Crippen LogP contribution in [0.2, 0.25) is 0 Å². The Labute approximate surface area is 252 Å². The predicted octanol–water partition coefficient (Wildman–Crippen LogP) is 7.10. The van der Waals surface area contributed by atoms with Crippen molar-refractivity contribution in [3.05, 3.63) is 53.7 Å². The molecule has 0 radical (unpaired) electrons. The van der Waals surface area contributed by atoms with Gasteiger partial charge in [0.2, 0.25) is 0 Å². The molecule has 1 saturated carbocycles. The lowest BCUT2D eigenvalue weighted by Gasteiger charge is -2.44. The molecule has 0 bridgehead atoms. The quantitative estimate of drug-likeness (QED) is 0.348. The van der Waals surface area contributed by atoms with Gasteiger partial charge >= 0.3 is 6.09 Å². The Morgan fingerprint density at radius 2 is 1.60 bits per heavy atom. The number of para-hydroxylation sites is 1. The Morgan fingerprint density at radius 1 is 0.929 bits per heavy atom. The van der Waals surface area contributed by atoms with Gasteiger partial charge in [0.25, 0.3) is 5.91 Å². The monoisotopic (exact) mass is 577 g/mol. The van der Waals surface area contributed by atoms with Gasteiger partial charge in [-0.1, -0.05) is 24.6 Å². The first-order chi connectivity index (χ1) is 19.9. The summed E-state index contributed by atoms with van der Waals surface area (Å²) in [6.45, 7) is 15.7. The van der Waals surface area contributed by atoms with Crippen LogP contribution in [0.4, 0.5) is 16.3 Å². The standard InChI is InChI=1S/C34H51N5O3/c1-33(2,3)39(32(41)42-34(4,5)6)27-17-15-25(16-18-27)29-20-19-28(30(37-29)36-26-13-9-7-10-14-26)31(40)35-21-24-38-22-11-8-12-23-38/h7,9-10,13-14,19-20,25,27H,8,11-12,15-18,21-24H2,1-6H3,(H,35,40)(H,36,37). The molecule has 8 heteroatoms. The van der Waals surface area contributed by atoms with E-state index < -0.39 is 5.60 Å². The maximum atomic E-state index is 13.3. The number of rotatable bonds is 8. The van der Waals surface area contributed by atoms with Gasteiger partial charge in [0.1, 0.15) is 11.4 Å². The molecule has 1 aliphatic carbocycles. The molecule has 8 nitrogen and oxygen atoms in total. The van der Waals surface area contributed by atoms with Crippen LogP contribution in [0.15, 0.2) is 42.5 Å². The van der Waals surface area contributed by atoms with Crippen LogP contribution in [0, 0.1) is 0 Å². The average Bonchev–Trinajstić information content (AvgIpc) is 2.93. The van der Waals surface area contributed by atoms with Gasteiger partial charge in [-0.15, -0.1) is 0 Å². The van der Waals surface area contributed by atoms with Gasteiger partial charge in [-0.25, -0.2) is 9.78 Å². The molecule has 2 heterocycles. The molecule has 2 aromatic rings. The molecule has 2 amide bonds. The molecule has 1 aromatic heterocycles. The SMILES string of the molecule is CC(C)(C)OC(=O)N(C1CCC(c2ccc(C(=O)NCCN3CCCCC3)c(Nc3ccccc3)n2)CC1)C(C)(C)C. The smallest absolute Gasteiger partial charge is 0.410 e. The van der Waals surface area contributed by atoms with Gasteiger partial charge in [-0.05, 0) is 117 Å². The summed E-state index contributed by atoms with van der Waals surface area (Å²) < 4.78 is 5.79. The van der Waals surface area contributed by atoms with Crippen molar-refractivity contribution in [1.82, 2.24) is 20.1 Å². The normalized spacial score (nSPS) is 20.0. The van der Waals surface area contributed by atoms with E-state index in [4.69, 9.17) is 9.72 Å². The number of aromatic nitrogens is 1. The second-order valence-corrected chi connectivity index (χ2v) is 13.8. The number of hydrogen-bond acceptors (Lipinski definition) is 6. The van der Waals surface area contributed by atoms with Crippen LogP contribution >= 0.6 is 0 Å². The van der Waals surface area contributed by atoms with Crippen LogP contribution in [0.5, 0.6) is 0 Å². The molecule has 2 aliphatic rings. The van der Waals surface area contributed by atoms with Gasteiger partial charge < -0.3 is 25.2 Å². The number of piperidine rings is 1. The van der Waals surface area contributed by atoms with E-state index in [0.717, 1.165) is 56.7 Å². The van der Waals surface area contributed by atoms with Crippen LogP contribution in [-0.2, 0) is 4.74 Å². The minimum absolute atomic E-state index is 0.105. The maximum Gasteiger partial charge on any atom is 0.410 e. The Kier molecular flexibility index (Phi) is 10.5. The molecule has 0 spiro atoms. The second-order valence-electron chi connectivity index (χ2n) is 13.8. The molecular formula is C34H51N5O3. The average molecular weight is 578 g/mol. The van der Waals surface area contributed by atoms with E-state index in [1.165, 1.54) is 19.3 Å². The lowest BCUT2D eigenvalue weighted by Crippen LogP contribution is -2.54. The molecule has 0 atom stereocenters. The van der Waals surface area contributed by atoms with E-state index >= 15 is 0 Å². The van der Waals surface area contributed by atoms with Gasteiger partial charge in [0.05, 0.1) is 5.56 Å².